The van der Waals surface area contributed by atoms with E-state index in [1.807, 2.05) is 24.3 Å². The van der Waals surface area contributed by atoms with Crippen molar-refractivity contribution in [3.63, 3.8) is 0 Å². The lowest BCUT2D eigenvalue weighted by atomic mass is 10.0. The van der Waals surface area contributed by atoms with Gasteiger partial charge in [0.25, 0.3) is 0 Å². The minimum Gasteiger partial charge on any atom is -0.497 e. The Kier molecular flexibility index (Phi) is 7.28. The number of benzene rings is 1. The third kappa shape index (κ3) is 5.81. The summed E-state index contributed by atoms with van der Waals surface area (Å²) in [7, 11) is 1.61. The number of aryl methyl sites for hydroxylation is 1. The van der Waals surface area contributed by atoms with Crippen LogP contribution >= 0.6 is 0 Å². The zero-order valence-electron chi connectivity index (χ0n) is 16.8. The molecule has 0 aromatic heterocycles. The lowest BCUT2D eigenvalue weighted by molar-refractivity contribution is -0.166. The zero-order chi connectivity index (χ0) is 20.8. The van der Waals surface area contributed by atoms with Gasteiger partial charge in [-0.05, 0) is 43.9 Å². The average Bonchev–Trinajstić information content (AvgIpc) is 3.22. The smallest absolute Gasteiger partial charge is 0.330 e. The van der Waals surface area contributed by atoms with Gasteiger partial charge in [0.05, 0.1) is 19.3 Å². The van der Waals surface area contributed by atoms with Gasteiger partial charge in [0, 0.05) is 18.9 Å². The molecule has 0 bridgehead atoms. The molecular weight excluding hydrogens is 376 g/mol. The Balaban J connectivity index is 1.42. The summed E-state index contributed by atoms with van der Waals surface area (Å²) in [4.78, 5) is 23.5. The third-order valence-electron chi connectivity index (χ3n) is 5.35. The van der Waals surface area contributed by atoms with E-state index in [0.717, 1.165) is 11.3 Å². The molecule has 0 aliphatic carbocycles. The summed E-state index contributed by atoms with van der Waals surface area (Å²) >= 11 is 0. The average molecular weight is 404 g/mol. The van der Waals surface area contributed by atoms with Gasteiger partial charge in [-0.25, -0.2) is 4.79 Å². The van der Waals surface area contributed by atoms with Crippen LogP contribution in [0.25, 0.3) is 0 Å². The molecule has 158 valence electrons. The Morgan fingerprint density at radius 2 is 1.93 bits per heavy atom. The van der Waals surface area contributed by atoms with E-state index in [0.29, 0.717) is 25.7 Å². The first-order chi connectivity index (χ1) is 14.0. The molecule has 1 N–H and O–H groups in total. The summed E-state index contributed by atoms with van der Waals surface area (Å²) in [6.45, 7) is 1.80. The van der Waals surface area contributed by atoms with Gasteiger partial charge in [0.2, 0.25) is 0 Å². The fourth-order valence-corrected chi connectivity index (χ4v) is 3.65. The highest BCUT2D eigenvalue weighted by molar-refractivity contribution is 5.82. The monoisotopic (exact) mass is 404 g/mol. The third-order valence-corrected chi connectivity index (χ3v) is 5.35. The maximum absolute atomic E-state index is 12.2. The van der Waals surface area contributed by atoms with Gasteiger partial charge in [-0.15, -0.1) is 0 Å². The van der Waals surface area contributed by atoms with Crippen LogP contribution in [-0.4, -0.2) is 54.7 Å². The summed E-state index contributed by atoms with van der Waals surface area (Å²) < 4.78 is 21.7. The van der Waals surface area contributed by atoms with E-state index >= 15 is 0 Å². The van der Waals surface area contributed by atoms with Gasteiger partial charge < -0.3 is 24.1 Å². The maximum Gasteiger partial charge on any atom is 0.330 e. The van der Waals surface area contributed by atoms with Crippen molar-refractivity contribution in [1.82, 2.24) is 0 Å². The molecular formula is C22H28O7. The van der Waals surface area contributed by atoms with Crippen molar-refractivity contribution in [3.05, 3.63) is 42.0 Å². The van der Waals surface area contributed by atoms with Gasteiger partial charge in [0.1, 0.15) is 24.1 Å². The number of aliphatic hydroxyl groups excluding tert-OH is 1. The fourth-order valence-electron chi connectivity index (χ4n) is 3.65. The van der Waals surface area contributed by atoms with E-state index in [1.165, 1.54) is 6.08 Å². The largest absolute Gasteiger partial charge is 0.497 e. The van der Waals surface area contributed by atoms with Crippen LogP contribution in [0.4, 0.5) is 0 Å². The molecule has 29 heavy (non-hydrogen) atoms. The Morgan fingerprint density at radius 3 is 2.62 bits per heavy atom. The molecule has 1 aromatic rings. The molecule has 0 amide bonds. The number of esters is 2. The normalized spacial score (nSPS) is 25.9. The van der Waals surface area contributed by atoms with Crippen LogP contribution in [0, 0.1) is 0 Å². The van der Waals surface area contributed by atoms with Crippen LogP contribution in [0.5, 0.6) is 5.75 Å². The van der Waals surface area contributed by atoms with Gasteiger partial charge in [-0.2, -0.15) is 0 Å². The Labute approximate surface area is 170 Å². The van der Waals surface area contributed by atoms with E-state index in [9.17, 15) is 14.7 Å². The second kappa shape index (κ2) is 9.89. The molecule has 2 aliphatic rings. The molecule has 1 aromatic carbocycles. The predicted molar refractivity (Wildman–Crippen MR) is 104 cm³/mol. The van der Waals surface area contributed by atoms with Crippen molar-refractivity contribution in [2.45, 2.75) is 69.5 Å². The number of cyclic esters (lactones) is 1. The van der Waals surface area contributed by atoms with E-state index < -0.39 is 30.4 Å². The summed E-state index contributed by atoms with van der Waals surface area (Å²) in [6, 6.07) is 7.57. The molecule has 0 radical (unpaired) electrons. The molecule has 7 nitrogen and oxygen atoms in total. The molecule has 7 heteroatoms. The van der Waals surface area contributed by atoms with Crippen LogP contribution in [0.2, 0.25) is 0 Å². The highest BCUT2D eigenvalue weighted by atomic mass is 16.6. The van der Waals surface area contributed by atoms with Gasteiger partial charge in [-0.1, -0.05) is 18.2 Å². The van der Waals surface area contributed by atoms with Crippen LogP contribution in [-0.2, 0) is 30.2 Å². The fraction of sp³-hybridized carbons (Fsp3) is 0.545. The van der Waals surface area contributed by atoms with Crippen LogP contribution in [0.15, 0.2) is 36.4 Å². The van der Waals surface area contributed by atoms with E-state index in [4.69, 9.17) is 18.9 Å². The summed E-state index contributed by atoms with van der Waals surface area (Å²) in [5.74, 6) is 0.0420. The molecule has 5 atom stereocenters. The summed E-state index contributed by atoms with van der Waals surface area (Å²) in [5.41, 5.74) is 1.03. The lowest BCUT2D eigenvalue weighted by Crippen LogP contribution is -2.41. The second-order valence-electron chi connectivity index (χ2n) is 7.44. The zero-order valence-corrected chi connectivity index (χ0v) is 16.8. The number of aliphatic hydroxyl groups is 1. The van der Waals surface area contributed by atoms with E-state index in [2.05, 4.69) is 0 Å². The van der Waals surface area contributed by atoms with Crippen LogP contribution < -0.4 is 4.74 Å². The molecule has 1 fully saturated rings. The highest BCUT2D eigenvalue weighted by Crippen LogP contribution is 2.29. The quantitative estimate of drug-likeness (QED) is 0.665. The first-order valence-corrected chi connectivity index (χ1v) is 9.99. The first kappa shape index (κ1) is 21.3. The standard InChI is InChI=1S/C22H28O7/c1-14(27-21(24)13-8-15-6-9-16(26-2)10-7-15)17-11-12-19(28-17)22(25)18-4-3-5-20(23)29-18/h3,5-7,9-10,14,17-19,22,25H,4,8,11-13H2,1-2H3/t14?,17-,18?,19+,22?/m1/s1. The number of carbonyl (C=O) groups excluding carboxylic acids is 2. The summed E-state index contributed by atoms with van der Waals surface area (Å²) in [5, 5.41) is 10.5. The first-order valence-electron chi connectivity index (χ1n) is 9.99. The van der Waals surface area contributed by atoms with Crippen molar-refractivity contribution in [2.24, 2.45) is 0 Å². The van der Waals surface area contributed by atoms with Gasteiger partial charge >= 0.3 is 11.9 Å². The highest BCUT2D eigenvalue weighted by Gasteiger charge is 2.39. The molecule has 3 rings (SSSR count). The summed E-state index contributed by atoms with van der Waals surface area (Å²) in [6.07, 6.45) is 3.04. The number of carbonyl (C=O) groups is 2. The van der Waals surface area contributed by atoms with Crippen molar-refractivity contribution in [2.75, 3.05) is 7.11 Å². The van der Waals surface area contributed by atoms with Crippen molar-refractivity contribution >= 4 is 11.9 Å². The number of rotatable bonds is 8. The van der Waals surface area contributed by atoms with Crippen LogP contribution in [0.3, 0.4) is 0 Å². The Bertz CT molecular complexity index is 727. The molecule has 1 saturated heterocycles. The van der Waals surface area contributed by atoms with Crippen molar-refractivity contribution < 1.29 is 33.6 Å². The number of methoxy groups -OCH3 is 1. The Morgan fingerprint density at radius 1 is 1.21 bits per heavy atom. The minimum atomic E-state index is -0.896. The van der Waals surface area contributed by atoms with Gasteiger partial charge in [-0.3, -0.25) is 4.79 Å². The molecule has 2 heterocycles. The SMILES string of the molecule is COc1ccc(CCC(=O)OC(C)[C@H]2CC[C@@H](C(O)C3CC=CC(=O)O3)O2)cc1. The van der Waals surface area contributed by atoms with E-state index in [1.54, 1.807) is 20.1 Å². The van der Waals surface area contributed by atoms with Crippen molar-refractivity contribution in [3.8, 4) is 5.75 Å². The Hall–Kier alpha value is -2.38. The second-order valence-corrected chi connectivity index (χ2v) is 7.44. The molecule has 2 aliphatic heterocycles. The number of ether oxygens (including phenoxy) is 4. The topological polar surface area (TPSA) is 91.3 Å². The van der Waals surface area contributed by atoms with Crippen molar-refractivity contribution in [1.29, 1.82) is 0 Å². The number of hydrogen-bond donors (Lipinski definition) is 1. The van der Waals surface area contributed by atoms with E-state index in [-0.39, 0.29) is 18.5 Å². The molecule has 3 unspecified atom stereocenters. The van der Waals surface area contributed by atoms with Crippen LogP contribution in [0.1, 0.15) is 38.2 Å². The van der Waals surface area contributed by atoms with Gasteiger partial charge in [0.15, 0.2) is 0 Å². The maximum atomic E-state index is 12.2. The lowest BCUT2D eigenvalue weighted by Gasteiger charge is -2.28. The minimum absolute atomic E-state index is 0.278. The molecule has 0 saturated carbocycles. The number of hydrogen-bond acceptors (Lipinski definition) is 7. The molecule has 0 spiro atoms. The predicted octanol–water partition coefficient (Wildman–Crippen LogP) is 2.34.